The standard InChI is InChI=1S/C62H53Cl2N3O16S2/c1-28-10-12-33-46(18-28)80-54-34(47(33)32-13-11-29(58(70)71)19-39(32)59(72)73)14-15-45(68)43(54)25-65-57(69)42-22-44(63)49(50(51(42)64)60(74)75)48-40-20-37-30(26-84-83-82-76)23-61(2,3)66-16-6-8-35(52(37)66)55(40)81-56-36-9-7-17-67-53(36)38(21-41(48)56)31(24-62(67,4)5)27-85(77,78)79/h10-15,18-24,34,47H,6-9,16-17,25-27H2,1-5H3,(H5-,65,69,70,71,72,73,74,75,76,77,78,79)/p-3. The maximum absolute atomic E-state index is 14.7. The molecule has 0 aromatic heterocycles. The number of ether oxygens (including phenoxy) is 2. The normalized spacial score (nSPS) is 19.2. The summed E-state index contributed by atoms with van der Waals surface area (Å²) in [7, 11) is -4.87. The van der Waals surface area contributed by atoms with Gasteiger partial charge in [-0.2, -0.15) is 4.33 Å². The number of carbonyl (C=O) groups is 5. The van der Waals surface area contributed by atoms with Crippen molar-refractivity contribution in [3.8, 4) is 17.2 Å². The number of nitrogens with zero attached hydrogens (tertiary/aromatic N) is 2. The molecule has 7 aliphatic rings. The van der Waals surface area contributed by atoms with Crippen LogP contribution < -0.4 is 50.3 Å². The molecular weight excluding hydrogens is 1180 g/mol. The van der Waals surface area contributed by atoms with Crippen LogP contribution in [0.3, 0.4) is 0 Å². The summed E-state index contributed by atoms with van der Waals surface area (Å²) < 4.78 is 58.8. The van der Waals surface area contributed by atoms with Gasteiger partial charge in [0, 0.05) is 101 Å². The molecule has 5 aromatic carbocycles. The summed E-state index contributed by atoms with van der Waals surface area (Å²) >= 11 is 15.4. The summed E-state index contributed by atoms with van der Waals surface area (Å²) in [4.78, 5) is 69.6. The lowest BCUT2D eigenvalue weighted by Crippen LogP contribution is -2.53. The number of nitrogens with one attached hydrogen (secondary N) is 1. The number of fused-ring (bicyclic) bond motifs is 6. The number of carbonyl (C=O) groups excluding carboxylic acids is 4. The minimum atomic E-state index is -4.87. The van der Waals surface area contributed by atoms with Crippen molar-refractivity contribution in [1.82, 2.24) is 9.89 Å². The van der Waals surface area contributed by atoms with Crippen molar-refractivity contribution in [2.45, 2.75) is 77.3 Å². The first kappa shape index (κ1) is 57.8. The van der Waals surface area contributed by atoms with E-state index in [-0.39, 0.29) is 66.5 Å². The van der Waals surface area contributed by atoms with Crippen LogP contribution in [0.15, 0.2) is 90.2 Å². The largest absolute Gasteiger partial charge is 0.748 e. The zero-order valence-electron chi connectivity index (χ0n) is 46.1. The zero-order valence-corrected chi connectivity index (χ0v) is 49.2. The van der Waals surface area contributed by atoms with E-state index in [0.717, 1.165) is 40.5 Å². The molecule has 1 aliphatic carbocycles. The molecule has 0 spiro atoms. The van der Waals surface area contributed by atoms with Gasteiger partial charge < -0.3 is 54.4 Å². The molecule has 6 aliphatic heterocycles. The van der Waals surface area contributed by atoms with Crippen LogP contribution in [0.25, 0.3) is 16.7 Å². The number of aryl methyl sites for hydroxylation is 1. The van der Waals surface area contributed by atoms with E-state index in [4.69, 9.17) is 37.0 Å². The number of amides is 1. The Labute approximate surface area is 500 Å². The summed E-state index contributed by atoms with van der Waals surface area (Å²) in [6.45, 7) is 10.5. The summed E-state index contributed by atoms with van der Waals surface area (Å²) in [5.41, 5.74) is 2.97. The second-order valence-corrected chi connectivity index (χ2v) is 25.9. The maximum Gasteiger partial charge on any atom is 0.336 e. The van der Waals surface area contributed by atoms with Crippen LogP contribution >= 0.6 is 35.2 Å². The second-order valence-electron chi connectivity index (χ2n) is 23.0. The van der Waals surface area contributed by atoms with E-state index in [1.54, 1.807) is 43.3 Å². The van der Waals surface area contributed by atoms with Gasteiger partial charge in [-0.15, -0.1) is 0 Å². The molecule has 0 bridgehead atoms. The Bertz CT molecular complexity index is 4320. The van der Waals surface area contributed by atoms with Crippen molar-refractivity contribution in [1.29, 1.82) is 0 Å². The van der Waals surface area contributed by atoms with Gasteiger partial charge in [0.15, 0.2) is 11.3 Å². The predicted molar refractivity (Wildman–Crippen MR) is 306 cm³/mol. The lowest BCUT2D eigenvalue weighted by molar-refractivity contribution is -0.777. The van der Waals surface area contributed by atoms with Gasteiger partial charge in [0.2, 0.25) is 5.36 Å². The molecular formula is C62H50Cl2N3O16S2-3. The second kappa shape index (κ2) is 21.1. The summed E-state index contributed by atoms with van der Waals surface area (Å²) in [6, 6.07) is 13.5. The summed E-state index contributed by atoms with van der Waals surface area (Å²) in [6.07, 6.45) is 8.84. The molecule has 5 aromatic rings. The maximum atomic E-state index is 14.7. The summed E-state index contributed by atoms with van der Waals surface area (Å²) in [5.74, 6) is -7.78. The molecule has 0 fully saturated rings. The highest BCUT2D eigenvalue weighted by Crippen LogP contribution is 2.55. The first-order valence-corrected chi connectivity index (χ1v) is 30.3. The molecule has 0 saturated heterocycles. The lowest BCUT2D eigenvalue weighted by Gasteiger charge is -2.47. The minimum Gasteiger partial charge on any atom is -0.748 e. The first-order chi connectivity index (χ1) is 40.3. The molecule has 2 N–H and O–H groups in total. The highest BCUT2D eigenvalue weighted by molar-refractivity contribution is 7.95. The van der Waals surface area contributed by atoms with Gasteiger partial charge in [0.1, 0.15) is 29.6 Å². The molecule has 2 unspecified atom stereocenters. The Kier molecular flexibility index (Phi) is 14.4. The third kappa shape index (κ3) is 9.74. The molecule has 6 heterocycles. The highest BCUT2D eigenvalue weighted by Gasteiger charge is 2.45. The van der Waals surface area contributed by atoms with Crippen LogP contribution in [-0.4, -0.2) is 89.9 Å². The van der Waals surface area contributed by atoms with Crippen LogP contribution in [0.1, 0.15) is 138 Å². The van der Waals surface area contributed by atoms with E-state index in [9.17, 15) is 57.5 Å². The van der Waals surface area contributed by atoms with Gasteiger partial charge in [-0.05, 0) is 110 Å². The average molecular weight is 1230 g/mol. The van der Waals surface area contributed by atoms with Crippen LogP contribution in [0, 0.1) is 12.8 Å². The molecule has 0 saturated carbocycles. The molecule has 0 radical (unpaired) electrons. The SMILES string of the molecule is Cc1ccc2c(c1)OC1=C(CNC(=O)c3cc(Cl)c(C4=c5cc6c7c(c5Oc5c4cc4c8c5CCCN8C(C)(C)C=C4CSOO[O-])CCC[N+]=7C(C)(C)C=C6CS(=O)(=O)[O-])c(C(=O)[O-])c3Cl)C(=O)C=CC1C2c1ccc(C(=O)[O-])cc1C(=O)O. The Balaban J connectivity index is 1.04. The van der Waals surface area contributed by atoms with Crippen LogP contribution in [0.5, 0.6) is 17.2 Å². The number of hydrogen-bond acceptors (Lipinski definition) is 17. The van der Waals surface area contributed by atoms with E-state index in [1.807, 2.05) is 26.0 Å². The number of rotatable bonds is 14. The fraction of sp³-hybridized carbons (Fsp3) is 0.290. The van der Waals surface area contributed by atoms with E-state index in [2.05, 4.69) is 33.7 Å². The predicted octanol–water partition coefficient (Wildman–Crippen LogP) is 5.00. The van der Waals surface area contributed by atoms with Crippen molar-refractivity contribution in [3.05, 3.63) is 183 Å². The van der Waals surface area contributed by atoms with Crippen LogP contribution in [0.4, 0.5) is 5.69 Å². The number of hydrogen-bond donors (Lipinski definition) is 2. The van der Waals surface area contributed by atoms with E-state index in [0.29, 0.717) is 83.4 Å². The smallest absolute Gasteiger partial charge is 0.336 e. The van der Waals surface area contributed by atoms with Crippen LogP contribution in [-0.2, 0) is 37.1 Å². The molecule has 19 nitrogen and oxygen atoms in total. The van der Waals surface area contributed by atoms with Gasteiger partial charge in [0.05, 0.1) is 83.5 Å². The zero-order chi connectivity index (χ0) is 60.5. The number of allylic oxidation sites excluding steroid dienone is 2. The molecule has 23 heteroatoms. The van der Waals surface area contributed by atoms with E-state index >= 15 is 0 Å². The molecule has 1 amide bonds. The number of ketones is 1. The molecule has 438 valence electrons. The van der Waals surface area contributed by atoms with Crippen molar-refractivity contribution < 1.29 is 76.4 Å². The van der Waals surface area contributed by atoms with Crippen molar-refractivity contribution >= 4 is 97.4 Å². The fourth-order valence-electron chi connectivity index (χ4n) is 13.6. The minimum absolute atomic E-state index is 0.0493. The van der Waals surface area contributed by atoms with Crippen molar-refractivity contribution in [2.75, 3.05) is 36.0 Å². The average Bonchev–Trinajstić information content (AvgIpc) is 0.784. The summed E-state index contributed by atoms with van der Waals surface area (Å²) in [5, 5.41) is 53.8. The molecule has 85 heavy (non-hydrogen) atoms. The monoisotopic (exact) mass is 1230 g/mol. The third-order valence-electron chi connectivity index (χ3n) is 17.0. The fourth-order valence-corrected chi connectivity index (χ4v) is 15.3. The van der Waals surface area contributed by atoms with Gasteiger partial charge >= 0.3 is 5.97 Å². The topological polar surface area (TPSA) is 287 Å². The Morgan fingerprint density at radius 2 is 1.65 bits per heavy atom. The highest BCUT2D eigenvalue weighted by atomic mass is 35.5. The van der Waals surface area contributed by atoms with Crippen molar-refractivity contribution in [2.24, 2.45) is 5.92 Å². The third-order valence-corrected chi connectivity index (χ3v) is 18.9. The number of carboxylic acid groups (broad SMARTS) is 3. The quantitative estimate of drug-likeness (QED) is 0.0362. The number of anilines is 1. The van der Waals surface area contributed by atoms with Gasteiger partial charge in [-0.1, -0.05) is 59.6 Å². The van der Waals surface area contributed by atoms with E-state index < -0.39 is 91.1 Å². The number of halogens is 2. The number of aromatic carboxylic acids is 3. The number of benzene rings is 5. The van der Waals surface area contributed by atoms with Gasteiger partial charge in [-0.3, -0.25) is 14.6 Å². The number of carboxylic acids is 3. The van der Waals surface area contributed by atoms with Crippen LogP contribution in [0.2, 0.25) is 10.0 Å². The lowest BCUT2D eigenvalue weighted by atomic mass is 9.73. The molecule has 12 rings (SSSR count). The van der Waals surface area contributed by atoms with Gasteiger partial charge in [0.25, 0.3) is 5.91 Å². The molecule has 2 atom stereocenters. The van der Waals surface area contributed by atoms with E-state index in [1.165, 1.54) is 24.3 Å². The Morgan fingerprint density at radius 1 is 0.894 bits per heavy atom. The van der Waals surface area contributed by atoms with Crippen molar-refractivity contribution in [3.63, 3.8) is 0 Å². The Hall–Kier alpha value is -7.60. The Morgan fingerprint density at radius 3 is 2.36 bits per heavy atom. The van der Waals surface area contributed by atoms with Gasteiger partial charge in [-0.25, -0.2) is 17.8 Å². The first-order valence-electron chi connectivity index (χ1n) is 27.1.